The summed E-state index contributed by atoms with van der Waals surface area (Å²) in [7, 11) is 4.44. The predicted molar refractivity (Wildman–Crippen MR) is 142 cm³/mol. The molecule has 0 aliphatic carbocycles. The zero-order valence-electron chi connectivity index (χ0n) is 20.8. The summed E-state index contributed by atoms with van der Waals surface area (Å²) in [6.07, 6.45) is 1.90. The second-order valence-corrected chi connectivity index (χ2v) is 9.82. The van der Waals surface area contributed by atoms with Gasteiger partial charge < -0.3 is 23.7 Å². The fourth-order valence-corrected chi connectivity index (χ4v) is 4.10. The van der Waals surface area contributed by atoms with Gasteiger partial charge in [0.2, 0.25) is 0 Å². The molecule has 0 bridgehead atoms. The van der Waals surface area contributed by atoms with E-state index in [0.717, 1.165) is 23.9 Å². The Balaban J connectivity index is 0.00000578. The molecule has 0 heterocycles. The van der Waals surface area contributed by atoms with E-state index in [1.54, 1.807) is 19.2 Å². The summed E-state index contributed by atoms with van der Waals surface area (Å²) in [4.78, 5) is 13.4. The first-order valence-electron chi connectivity index (χ1n) is 11.3. The van der Waals surface area contributed by atoms with Crippen molar-refractivity contribution < 1.29 is 28.5 Å². The zero-order valence-corrected chi connectivity index (χ0v) is 21.8. The molecule has 0 N–H and O–H groups in total. The van der Waals surface area contributed by atoms with Crippen molar-refractivity contribution in [2.75, 3.05) is 34.5 Å². The van der Waals surface area contributed by atoms with Crippen LogP contribution < -0.4 is 29.0 Å². The Bertz CT molecular complexity index is 891. The third-order valence-corrected chi connectivity index (χ3v) is 6.22. The third kappa shape index (κ3) is 9.06. The second-order valence-electron chi connectivity index (χ2n) is 8.58. The van der Waals surface area contributed by atoms with Crippen LogP contribution in [0.1, 0.15) is 50.9 Å². The van der Waals surface area contributed by atoms with Crippen LogP contribution in [0.15, 0.2) is 30.3 Å². The van der Waals surface area contributed by atoms with Crippen molar-refractivity contribution in [2.45, 2.75) is 40.5 Å². The monoisotopic (exact) mass is 484 g/mol. The van der Waals surface area contributed by atoms with Crippen LogP contribution in [0, 0.1) is 11.8 Å². The van der Waals surface area contributed by atoms with Crippen LogP contribution in [-0.4, -0.2) is 58.9 Å². The van der Waals surface area contributed by atoms with Crippen LogP contribution in [0.5, 0.6) is 28.7 Å². The molecule has 2 aromatic carbocycles. The molecule has 8 heteroatoms. The Hall–Kier alpha value is -1.86. The Morgan fingerprint density at radius 1 is 0.765 bits per heavy atom. The van der Waals surface area contributed by atoms with Crippen molar-refractivity contribution in [3.8, 4) is 28.7 Å². The molecule has 2 rings (SSSR count). The summed E-state index contributed by atoms with van der Waals surface area (Å²) < 4.78 is 28.2. The molecule has 34 heavy (non-hydrogen) atoms. The molecular weight excluding hydrogens is 446 g/mol. The molecule has 184 valence electrons. The molecule has 0 spiro atoms. The summed E-state index contributed by atoms with van der Waals surface area (Å²) in [5.41, 5.74) is 0.290. The van der Waals surface area contributed by atoms with Crippen LogP contribution in [-0.2, 0) is 0 Å². The van der Waals surface area contributed by atoms with Gasteiger partial charge in [-0.25, -0.2) is 0 Å². The van der Waals surface area contributed by atoms with Crippen molar-refractivity contribution in [3.63, 3.8) is 0 Å². The molecule has 0 aromatic heterocycles. The van der Waals surface area contributed by atoms with E-state index in [4.69, 9.17) is 23.7 Å². The quantitative estimate of drug-likeness (QED) is 0.276. The molecule has 0 aliphatic rings. The molecule has 0 aliphatic heterocycles. The normalized spacial score (nSPS) is 11.0. The van der Waals surface area contributed by atoms with Crippen molar-refractivity contribution >= 4 is 38.3 Å². The molecule has 0 fully saturated rings. The van der Waals surface area contributed by atoms with Gasteiger partial charge in [0.25, 0.3) is 0 Å². The van der Waals surface area contributed by atoms with Gasteiger partial charge in [-0.1, -0.05) is 27.7 Å². The van der Waals surface area contributed by atoms with Crippen molar-refractivity contribution in [2.24, 2.45) is 11.8 Å². The van der Waals surface area contributed by atoms with Gasteiger partial charge in [0.15, 0.2) is 5.52 Å². The SMILES string of the molecule is COc1cc(OC)c(C(=O)Pc2ccc(OCCC(C)C)cc2OCCC(C)C)c(OC)c1.[LiH]. The molecule has 0 saturated heterocycles. The first-order chi connectivity index (χ1) is 15.8. The average molecular weight is 484 g/mol. The fourth-order valence-electron chi connectivity index (χ4n) is 3.05. The number of hydrogen-bond acceptors (Lipinski definition) is 6. The second kappa shape index (κ2) is 15.2. The summed E-state index contributed by atoms with van der Waals surface area (Å²) in [6, 6.07) is 9.07. The third-order valence-electron chi connectivity index (χ3n) is 5.06. The van der Waals surface area contributed by atoms with E-state index in [-0.39, 0.29) is 33.0 Å². The summed E-state index contributed by atoms with van der Waals surface area (Å²) in [5.74, 6) is 3.91. The number of benzene rings is 2. The van der Waals surface area contributed by atoms with Crippen LogP contribution in [0.4, 0.5) is 0 Å². The van der Waals surface area contributed by atoms with Crippen LogP contribution >= 0.6 is 8.58 Å². The summed E-state index contributed by atoms with van der Waals surface area (Å²) in [6.45, 7) is 9.87. The van der Waals surface area contributed by atoms with Gasteiger partial charge in [-0.3, -0.25) is 4.79 Å². The summed E-state index contributed by atoms with van der Waals surface area (Å²) in [5, 5.41) is 0.819. The van der Waals surface area contributed by atoms with Crippen molar-refractivity contribution in [1.82, 2.24) is 0 Å². The van der Waals surface area contributed by atoms with Crippen LogP contribution in [0.3, 0.4) is 0 Å². The van der Waals surface area contributed by atoms with Gasteiger partial charge in [0.1, 0.15) is 34.3 Å². The standard InChI is InChI=1S/C26H37O6P.Li.H/c1-17(2)10-12-31-19-8-9-24(21(14-19)32-13-11-18(3)4)33-26(27)25-22(29-6)15-20(28-5)16-23(25)30-7;;/h8-9,14-18,33H,10-13H2,1-7H3;;. The first-order valence-corrected chi connectivity index (χ1v) is 12.3. The maximum absolute atomic E-state index is 13.4. The van der Waals surface area contributed by atoms with Crippen molar-refractivity contribution in [3.05, 3.63) is 35.9 Å². The van der Waals surface area contributed by atoms with E-state index in [0.29, 0.717) is 53.6 Å². The minimum atomic E-state index is -0.169. The topological polar surface area (TPSA) is 63.2 Å². The number of carbonyl (C=O) groups is 1. The van der Waals surface area contributed by atoms with Gasteiger partial charge in [0.05, 0.1) is 34.5 Å². The number of hydrogen-bond donors (Lipinski definition) is 0. The molecule has 0 amide bonds. The van der Waals surface area contributed by atoms with Gasteiger partial charge in [-0.15, -0.1) is 0 Å². The minimum absolute atomic E-state index is 0. The van der Waals surface area contributed by atoms with E-state index < -0.39 is 0 Å². The molecule has 0 radical (unpaired) electrons. The number of carbonyl (C=O) groups excluding carboxylic acids is 1. The Labute approximate surface area is 218 Å². The number of ether oxygens (including phenoxy) is 5. The van der Waals surface area contributed by atoms with Gasteiger partial charge >= 0.3 is 18.9 Å². The maximum atomic E-state index is 13.4. The fraction of sp³-hybridized carbons (Fsp3) is 0.500. The van der Waals surface area contributed by atoms with Gasteiger partial charge in [0, 0.05) is 23.5 Å². The predicted octanol–water partition coefficient (Wildman–Crippen LogP) is 5.06. The van der Waals surface area contributed by atoms with E-state index >= 15 is 0 Å². The van der Waals surface area contributed by atoms with Gasteiger partial charge in [-0.2, -0.15) is 0 Å². The van der Waals surface area contributed by atoms with E-state index in [9.17, 15) is 4.79 Å². The zero-order chi connectivity index (χ0) is 24.4. The van der Waals surface area contributed by atoms with Crippen molar-refractivity contribution in [1.29, 1.82) is 0 Å². The van der Waals surface area contributed by atoms with Crippen LogP contribution in [0.2, 0.25) is 0 Å². The first kappa shape index (κ1) is 30.2. The average Bonchev–Trinajstić information content (AvgIpc) is 2.78. The Kier molecular flexibility index (Phi) is 13.5. The molecule has 1 atom stereocenters. The van der Waals surface area contributed by atoms with E-state index in [1.165, 1.54) is 14.2 Å². The Morgan fingerprint density at radius 3 is 1.79 bits per heavy atom. The van der Waals surface area contributed by atoms with E-state index in [2.05, 4.69) is 27.7 Å². The van der Waals surface area contributed by atoms with E-state index in [1.807, 2.05) is 18.2 Å². The number of rotatable bonds is 14. The molecule has 0 saturated carbocycles. The molecular formula is C26H38LiO6P. The molecule has 2 aromatic rings. The molecule has 1 unspecified atom stereocenters. The van der Waals surface area contributed by atoms with Gasteiger partial charge in [-0.05, 0) is 45.4 Å². The Morgan fingerprint density at radius 2 is 1.29 bits per heavy atom. The summed E-state index contributed by atoms with van der Waals surface area (Å²) >= 11 is 0. The molecule has 6 nitrogen and oxygen atoms in total. The van der Waals surface area contributed by atoms with Crippen LogP contribution in [0.25, 0.3) is 0 Å². The number of methoxy groups -OCH3 is 3.